The zero-order chi connectivity index (χ0) is 22.3. The smallest absolute Gasteiger partial charge is 0.339 e. The molecule has 3 rings (SSSR count). The van der Waals surface area contributed by atoms with Gasteiger partial charge in [-0.25, -0.2) is 9.59 Å². The highest BCUT2D eigenvalue weighted by atomic mass is 16.5. The third-order valence-corrected chi connectivity index (χ3v) is 4.56. The molecule has 2 aromatic carbocycles. The van der Waals surface area contributed by atoms with Crippen molar-refractivity contribution in [3.05, 3.63) is 59.2 Å². The molecule has 2 aromatic rings. The molecule has 0 fully saturated rings. The highest BCUT2D eigenvalue weighted by Gasteiger charge is 2.30. The molecule has 1 aliphatic heterocycles. The van der Waals surface area contributed by atoms with Crippen LogP contribution in [0.1, 0.15) is 41.8 Å². The number of methoxy groups -OCH3 is 2. The summed E-state index contributed by atoms with van der Waals surface area (Å²) in [5.41, 5.74) is 1.59. The fourth-order valence-corrected chi connectivity index (χ4v) is 3.08. The van der Waals surface area contributed by atoms with Crippen LogP contribution >= 0.6 is 0 Å². The van der Waals surface area contributed by atoms with Crippen LogP contribution in [0.4, 0.5) is 0 Å². The first kappa shape index (κ1) is 22.8. The van der Waals surface area contributed by atoms with Gasteiger partial charge < -0.3 is 24.4 Å². The number of fused-ring (bicyclic) bond motifs is 1. The molecule has 0 bridgehead atoms. The summed E-state index contributed by atoms with van der Waals surface area (Å²) in [6.07, 6.45) is 4.20. The minimum Gasteiger partial charge on any atom is -0.496 e. The van der Waals surface area contributed by atoms with Gasteiger partial charge in [0.2, 0.25) is 0 Å². The molecule has 2 N–H and O–H groups in total. The highest BCUT2D eigenvalue weighted by molar-refractivity contribution is 5.92. The van der Waals surface area contributed by atoms with Crippen molar-refractivity contribution < 1.29 is 34.0 Å². The third-order valence-electron chi connectivity index (χ3n) is 4.56. The summed E-state index contributed by atoms with van der Waals surface area (Å²) in [6.45, 7) is 4.04. The van der Waals surface area contributed by atoms with Crippen molar-refractivity contribution in [3.63, 3.8) is 0 Å². The summed E-state index contributed by atoms with van der Waals surface area (Å²) >= 11 is 0. The van der Waals surface area contributed by atoms with Gasteiger partial charge in [0.1, 0.15) is 28.4 Å². The minimum atomic E-state index is -0.977. The van der Waals surface area contributed by atoms with Crippen molar-refractivity contribution in [1.29, 1.82) is 0 Å². The van der Waals surface area contributed by atoms with Crippen LogP contribution in [0.25, 0.3) is 6.08 Å². The van der Waals surface area contributed by atoms with Crippen LogP contribution in [0.2, 0.25) is 0 Å². The van der Waals surface area contributed by atoms with Crippen LogP contribution < -0.4 is 14.2 Å². The largest absolute Gasteiger partial charge is 0.496 e. The molecule has 0 saturated heterocycles. The minimum absolute atomic E-state index is 0.189. The fraction of sp³-hybridized carbons (Fsp3) is 0.304. The van der Waals surface area contributed by atoms with Gasteiger partial charge >= 0.3 is 11.9 Å². The Labute approximate surface area is 175 Å². The van der Waals surface area contributed by atoms with Gasteiger partial charge in [-0.05, 0) is 51.0 Å². The number of hydrogen-bond acceptors (Lipinski definition) is 5. The Morgan fingerprint density at radius 3 is 2.37 bits per heavy atom. The number of benzene rings is 2. The van der Waals surface area contributed by atoms with Crippen molar-refractivity contribution in [2.75, 3.05) is 14.2 Å². The van der Waals surface area contributed by atoms with Crippen LogP contribution in [-0.4, -0.2) is 42.0 Å². The van der Waals surface area contributed by atoms with Crippen molar-refractivity contribution in [2.24, 2.45) is 0 Å². The van der Waals surface area contributed by atoms with Crippen LogP contribution in [-0.2, 0) is 11.2 Å². The quantitative estimate of drug-likeness (QED) is 0.704. The molecule has 7 heteroatoms. The van der Waals surface area contributed by atoms with E-state index < -0.39 is 11.9 Å². The van der Waals surface area contributed by atoms with Gasteiger partial charge in [-0.1, -0.05) is 18.2 Å². The Morgan fingerprint density at radius 1 is 1.07 bits per heavy atom. The van der Waals surface area contributed by atoms with Gasteiger partial charge in [-0.15, -0.1) is 0 Å². The molecular formula is C23H26O7. The number of carbonyl (C=O) groups is 2. The first-order chi connectivity index (χ1) is 14.2. The van der Waals surface area contributed by atoms with E-state index in [4.69, 9.17) is 24.4 Å². The molecule has 0 aliphatic carbocycles. The lowest BCUT2D eigenvalue weighted by Gasteiger charge is -2.33. The second-order valence-electron chi connectivity index (χ2n) is 7.20. The summed E-state index contributed by atoms with van der Waals surface area (Å²) in [5, 5.41) is 17.5. The average molecular weight is 414 g/mol. The van der Waals surface area contributed by atoms with Crippen LogP contribution in [0.3, 0.4) is 0 Å². The predicted molar refractivity (Wildman–Crippen MR) is 113 cm³/mol. The Morgan fingerprint density at radius 2 is 1.77 bits per heavy atom. The topological polar surface area (TPSA) is 102 Å². The van der Waals surface area contributed by atoms with Gasteiger partial charge in [0.15, 0.2) is 0 Å². The number of hydrogen-bond donors (Lipinski definition) is 2. The average Bonchev–Trinajstić information content (AvgIpc) is 2.71. The predicted octanol–water partition coefficient (Wildman–Crippen LogP) is 4.29. The number of rotatable bonds is 5. The maximum atomic E-state index is 11.1. The molecule has 1 heterocycles. The Bertz CT molecular complexity index is 945. The molecule has 0 unspecified atom stereocenters. The zero-order valence-electron chi connectivity index (χ0n) is 17.5. The van der Waals surface area contributed by atoms with E-state index in [1.165, 1.54) is 19.3 Å². The van der Waals surface area contributed by atoms with Gasteiger partial charge in [0.05, 0.1) is 14.2 Å². The van der Waals surface area contributed by atoms with Crippen molar-refractivity contribution >= 4 is 18.0 Å². The van der Waals surface area contributed by atoms with E-state index in [2.05, 4.69) is 0 Å². The second kappa shape index (κ2) is 9.82. The molecule has 30 heavy (non-hydrogen) atoms. The Kier molecular flexibility index (Phi) is 7.47. The van der Waals surface area contributed by atoms with Gasteiger partial charge in [0.25, 0.3) is 0 Å². The monoisotopic (exact) mass is 414 g/mol. The summed E-state index contributed by atoms with van der Waals surface area (Å²) < 4.78 is 16.1. The molecule has 7 nitrogen and oxygen atoms in total. The fourth-order valence-electron chi connectivity index (χ4n) is 3.08. The summed E-state index contributed by atoms with van der Waals surface area (Å²) in [7, 11) is 3.04. The zero-order valence-corrected chi connectivity index (χ0v) is 17.5. The number of ether oxygens (including phenoxy) is 3. The molecular weight excluding hydrogens is 388 g/mol. The SMILES string of the molecule is COc1c(C(=O)O)ccc2c1CCC(C)(C)O2.COc1ccccc1C=CC(=O)O. The van der Waals surface area contributed by atoms with Gasteiger partial charge in [-0.2, -0.15) is 0 Å². The standard InChI is InChI=1S/C13H16O4.C10H10O3/c1-13(2)7-6-8-10(17-13)5-4-9(12(14)15)11(8)16-3;1-13-9-5-3-2-4-8(9)6-7-10(11)12/h4-5H,6-7H2,1-3H3,(H,14,15);2-7H,1H3,(H,11,12). The van der Waals surface area contributed by atoms with E-state index in [9.17, 15) is 9.59 Å². The molecule has 0 saturated carbocycles. The van der Waals surface area contributed by atoms with E-state index in [1.807, 2.05) is 26.0 Å². The molecule has 1 aliphatic rings. The molecule has 0 atom stereocenters. The Hall–Kier alpha value is -3.48. The number of para-hydroxylation sites is 1. The first-order valence-corrected chi connectivity index (χ1v) is 9.34. The number of carboxylic acids is 2. The lowest BCUT2D eigenvalue weighted by Crippen LogP contribution is -2.32. The number of aliphatic carboxylic acids is 1. The maximum absolute atomic E-state index is 11.1. The van der Waals surface area contributed by atoms with Crippen LogP contribution in [0.5, 0.6) is 17.2 Å². The molecule has 160 valence electrons. The lowest BCUT2D eigenvalue weighted by atomic mass is 9.92. The summed E-state index contributed by atoms with van der Waals surface area (Å²) in [6, 6.07) is 10.5. The van der Waals surface area contributed by atoms with Crippen molar-refractivity contribution in [2.45, 2.75) is 32.3 Å². The third kappa shape index (κ3) is 5.76. The molecule has 0 amide bonds. The second-order valence-corrected chi connectivity index (χ2v) is 7.20. The van der Waals surface area contributed by atoms with Crippen LogP contribution in [0, 0.1) is 0 Å². The molecule has 0 radical (unpaired) electrons. The van der Waals surface area contributed by atoms with E-state index in [0.29, 0.717) is 11.5 Å². The first-order valence-electron chi connectivity index (χ1n) is 9.34. The summed E-state index contributed by atoms with van der Waals surface area (Å²) in [4.78, 5) is 21.3. The highest BCUT2D eigenvalue weighted by Crippen LogP contribution is 2.40. The maximum Gasteiger partial charge on any atom is 0.339 e. The van der Waals surface area contributed by atoms with E-state index in [-0.39, 0.29) is 11.2 Å². The number of aromatic carboxylic acids is 1. The summed E-state index contributed by atoms with van der Waals surface area (Å²) in [5.74, 6) is -0.131. The molecule has 0 aromatic heterocycles. The van der Waals surface area contributed by atoms with Crippen LogP contribution in [0.15, 0.2) is 42.5 Å². The normalized spacial score (nSPS) is 14.0. The lowest BCUT2D eigenvalue weighted by molar-refractivity contribution is -0.131. The molecule has 0 spiro atoms. The van der Waals surface area contributed by atoms with Crippen molar-refractivity contribution in [1.82, 2.24) is 0 Å². The van der Waals surface area contributed by atoms with Gasteiger partial charge in [0, 0.05) is 17.2 Å². The Balaban J connectivity index is 0.000000222. The number of carboxylic acid groups (broad SMARTS) is 2. The van der Waals surface area contributed by atoms with Gasteiger partial charge in [-0.3, -0.25) is 0 Å². The van der Waals surface area contributed by atoms with E-state index in [1.54, 1.807) is 25.3 Å². The van der Waals surface area contributed by atoms with E-state index >= 15 is 0 Å². The van der Waals surface area contributed by atoms with E-state index in [0.717, 1.165) is 35.8 Å². The van der Waals surface area contributed by atoms with Crippen molar-refractivity contribution in [3.8, 4) is 17.2 Å².